The first-order chi connectivity index (χ1) is 15.6. The smallest absolute Gasteiger partial charge is 0.356 e. The molecule has 174 valence electrons. The normalized spacial score (nSPS) is 14.4. The molecule has 0 bridgehead atoms. The molecular weight excluding hydrogens is 455 g/mol. The van der Waals surface area contributed by atoms with Gasteiger partial charge >= 0.3 is 6.18 Å². The largest absolute Gasteiger partial charge is 0.417 e. The SMILES string of the molecule is Cc1nc(Nc2ccc(NS(=O)(=O)c3ccccc3C(F)(F)F)cc2)cc(N2CCCC2)n1. The van der Waals surface area contributed by atoms with Crippen LogP contribution in [0.25, 0.3) is 0 Å². The molecular formula is C22H22F3N5O2S. The Morgan fingerprint density at radius 1 is 0.939 bits per heavy atom. The summed E-state index contributed by atoms with van der Waals surface area (Å²) >= 11 is 0. The van der Waals surface area contributed by atoms with Gasteiger partial charge in [-0.2, -0.15) is 13.2 Å². The maximum Gasteiger partial charge on any atom is 0.417 e. The molecule has 0 spiro atoms. The standard InChI is InChI=1S/C22H22F3N5O2S/c1-15-26-20(14-21(27-15)30-12-4-5-13-30)28-16-8-10-17(11-9-16)29-33(31,32)19-7-3-2-6-18(19)22(23,24)25/h2-3,6-11,14,29H,4-5,12-13H2,1H3,(H,26,27,28). The van der Waals surface area contributed by atoms with Crippen molar-refractivity contribution in [1.82, 2.24) is 9.97 Å². The zero-order valence-electron chi connectivity index (χ0n) is 17.7. The highest BCUT2D eigenvalue weighted by atomic mass is 32.2. The van der Waals surface area contributed by atoms with Crippen molar-refractivity contribution in [3.05, 3.63) is 66.0 Å². The minimum Gasteiger partial charge on any atom is -0.356 e. The van der Waals surface area contributed by atoms with Crippen molar-refractivity contribution >= 4 is 33.0 Å². The second-order valence-corrected chi connectivity index (χ2v) is 9.31. The van der Waals surface area contributed by atoms with Crippen LogP contribution in [-0.2, 0) is 16.2 Å². The molecule has 2 aromatic carbocycles. The molecule has 2 N–H and O–H groups in total. The number of sulfonamides is 1. The van der Waals surface area contributed by atoms with Gasteiger partial charge in [-0.25, -0.2) is 18.4 Å². The Kier molecular flexibility index (Phi) is 6.15. The summed E-state index contributed by atoms with van der Waals surface area (Å²) in [6.45, 7) is 3.70. The second kappa shape index (κ2) is 8.89. The van der Waals surface area contributed by atoms with Gasteiger partial charge in [0.2, 0.25) is 0 Å². The summed E-state index contributed by atoms with van der Waals surface area (Å²) in [5, 5.41) is 3.16. The number of nitrogens with zero attached hydrogens (tertiary/aromatic N) is 3. The molecule has 1 fully saturated rings. The predicted molar refractivity (Wildman–Crippen MR) is 120 cm³/mol. The highest BCUT2D eigenvalue weighted by Crippen LogP contribution is 2.34. The minimum atomic E-state index is -4.79. The summed E-state index contributed by atoms with van der Waals surface area (Å²) in [5.74, 6) is 2.06. The molecule has 0 radical (unpaired) electrons. The van der Waals surface area contributed by atoms with Crippen LogP contribution in [0.5, 0.6) is 0 Å². The van der Waals surface area contributed by atoms with Crippen molar-refractivity contribution in [1.29, 1.82) is 0 Å². The molecule has 11 heteroatoms. The van der Waals surface area contributed by atoms with E-state index in [9.17, 15) is 21.6 Å². The van der Waals surface area contributed by atoms with E-state index in [1.165, 1.54) is 18.2 Å². The first-order valence-electron chi connectivity index (χ1n) is 10.3. The molecule has 1 saturated heterocycles. The number of halogens is 3. The van der Waals surface area contributed by atoms with Crippen LogP contribution in [0.4, 0.5) is 36.2 Å². The van der Waals surface area contributed by atoms with Gasteiger partial charge in [0.1, 0.15) is 17.5 Å². The molecule has 0 unspecified atom stereocenters. The Hall–Kier alpha value is -3.34. The van der Waals surface area contributed by atoms with Crippen LogP contribution in [0, 0.1) is 6.92 Å². The third-order valence-electron chi connectivity index (χ3n) is 5.15. The van der Waals surface area contributed by atoms with Crippen molar-refractivity contribution in [2.24, 2.45) is 0 Å². The summed E-state index contributed by atoms with van der Waals surface area (Å²) in [6, 6.07) is 12.1. The minimum absolute atomic E-state index is 0.133. The van der Waals surface area contributed by atoms with E-state index in [4.69, 9.17) is 0 Å². The molecule has 2 heterocycles. The Morgan fingerprint density at radius 2 is 1.58 bits per heavy atom. The average Bonchev–Trinajstić information content (AvgIpc) is 3.29. The third kappa shape index (κ3) is 5.36. The molecule has 0 aliphatic carbocycles. The number of anilines is 4. The average molecular weight is 478 g/mol. The number of hydrogen-bond donors (Lipinski definition) is 2. The van der Waals surface area contributed by atoms with E-state index in [-0.39, 0.29) is 5.69 Å². The van der Waals surface area contributed by atoms with Gasteiger partial charge in [0.05, 0.1) is 10.5 Å². The fourth-order valence-corrected chi connectivity index (χ4v) is 4.93. The Morgan fingerprint density at radius 3 is 2.24 bits per heavy atom. The summed E-state index contributed by atoms with van der Waals surface area (Å²) in [5.41, 5.74) is -0.447. The number of hydrogen-bond acceptors (Lipinski definition) is 6. The van der Waals surface area contributed by atoms with E-state index in [0.29, 0.717) is 17.3 Å². The van der Waals surface area contributed by atoms with Crippen molar-refractivity contribution in [2.75, 3.05) is 28.0 Å². The molecule has 1 aliphatic heterocycles. The van der Waals surface area contributed by atoms with Gasteiger partial charge in [-0.3, -0.25) is 4.72 Å². The second-order valence-electron chi connectivity index (χ2n) is 7.65. The fourth-order valence-electron chi connectivity index (χ4n) is 3.64. The monoisotopic (exact) mass is 477 g/mol. The zero-order valence-corrected chi connectivity index (χ0v) is 18.5. The van der Waals surface area contributed by atoms with E-state index >= 15 is 0 Å². The molecule has 7 nitrogen and oxygen atoms in total. The molecule has 0 atom stereocenters. The first-order valence-corrected chi connectivity index (χ1v) is 11.8. The summed E-state index contributed by atoms with van der Waals surface area (Å²) in [6.07, 6.45) is -2.55. The Balaban J connectivity index is 1.51. The van der Waals surface area contributed by atoms with Crippen LogP contribution in [0.2, 0.25) is 0 Å². The number of aromatic nitrogens is 2. The van der Waals surface area contributed by atoms with Crippen LogP contribution in [0.15, 0.2) is 59.5 Å². The van der Waals surface area contributed by atoms with E-state index in [1.807, 2.05) is 6.07 Å². The maximum atomic E-state index is 13.2. The molecule has 0 amide bonds. The number of benzene rings is 2. The third-order valence-corrected chi connectivity index (χ3v) is 6.59. The van der Waals surface area contributed by atoms with Crippen molar-refractivity contribution in [3.63, 3.8) is 0 Å². The molecule has 3 aromatic rings. The quantitative estimate of drug-likeness (QED) is 0.523. The van der Waals surface area contributed by atoms with Crippen molar-refractivity contribution < 1.29 is 21.6 Å². The highest BCUT2D eigenvalue weighted by molar-refractivity contribution is 7.92. The van der Waals surface area contributed by atoms with Crippen molar-refractivity contribution in [3.8, 4) is 0 Å². The van der Waals surface area contributed by atoms with Gasteiger partial charge in [0, 0.05) is 30.5 Å². The van der Waals surface area contributed by atoms with Crippen LogP contribution in [0.1, 0.15) is 24.2 Å². The van der Waals surface area contributed by atoms with Gasteiger partial charge in [0.15, 0.2) is 0 Å². The summed E-state index contributed by atoms with van der Waals surface area (Å²) in [4.78, 5) is 10.2. The van der Waals surface area contributed by atoms with Gasteiger partial charge in [-0.1, -0.05) is 12.1 Å². The van der Waals surface area contributed by atoms with Gasteiger partial charge in [0.25, 0.3) is 10.0 Å². The summed E-state index contributed by atoms with van der Waals surface area (Å²) in [7, 11) is -4.44. The number of nitrogens with one attached hydrogen (secondary N) is 2. The van der Waals surface area contributed by atoms with Crippen LogP contribution in [-0.4, -0.2) is 31.5 Å². The maximum absolute atomic E-state index is 13.2. The highest BCUT2D eigenvalue weighted by Gasteiger charge is 2.36. The Bertz CT molecular complexity index is 1240. The van der Waals surface area contributed by atoms with Crippen LogP contribution < -0.4 is 14.9 Å². The lowest BCUT2D eigenvalue weighted by molar-refractivity contribution is -0.139. The van der Waals surface area contributed by atoms with E-state index in [1.54, 1.807) is 19.1 Å². The van der Waals surface area contributed by atoms with Crippen LogP contribution in [0.3, 0.4) is 0 Å². The van der Waals surface area contributed by atoms with Gasteiger partial charge < -0.3 is 10.2 Å². The lowest BCUT2D eigenvalue weighted by atomic mass is 10.2. The number of aryl methyl sites for hydroxylation is 1. The molecule has 1 aromatic heterocycles. The fraction of sp³-hybridized carbons (Fsp3) is 0.273. The van der Waals surface area contributed by atoms with E-state index < -0.39 is 26.7 Å². The lowest BCUT2D eigenvalue weighted by Gasteiger charge is -2.18. The van der Waals surface area contributed by atoms with Gasteiger partial charge in [-0.05, 0) is 56.2 Å². The van der Waals surface area contributed by atoms with Gasteiger partial charge in [-0.15, -0.1) is 0 Å². The molecule has 1 aliphatic rings. The Labute approximate surface area is 189 Å². The molecule has 4 rings (SSSR count). The van der Waals surface area contributed by atoms with Crippen molar-refractivity contribution in [2.45, 2.75) is 30.8 Å². The zero-order chi connectivity index (χ0) is 23.6. The number of alkyl halides is 3. The van der Waals surface area contributed by atoms with Crippen LogP contribution >= 0.6 is 0 Å². The lowest BCUT2D eigenvalue weighted by Crippen LogP contribution is -2.19. The van der Waals surface area contributed by atoms with E-state index in [0.717, 1.165) is 49.9 Å². The summed E-state index contributed by atoms with van der Waals surface area (Å²) < 4.78 is 67.1. The van der Waals surface area contributed by atoms with E-state index in [2.05, 4.69) is 24.9 Å². The topological polar surface area (TPSA) is 87.2 Å². The number of rotatable bonds is 6. The first kappa shape index (κ1) is 22.8. The predicted octanol–water partition coefficient (Wildman–Crippen LogP) is 4.95. The molecule has 0 saturated carbocycles. The molecule has 33 heavy (non-hydrogen) atoms.